The number of carbonyl (C=O) groups is 2. The zero-order valence-corrected chi connectivity index (χ0v) is 12.7. The maximum Gasteiger partial charge on any atom is 0.331 e. The highest BCUT2D eigenvalue weighted by atomic mass is 127. The molecular formula is C13H15IO4. The molecule has 0 aliphatic heterocycles. The van der Waals surface area contributed by atoms with Crippen LogP contribution in [-0.4, -0.2) is 18.4 Å². The van der Waals surface area contributed by atoms with E-state index in [1.807, 2.05) is 22.6 Å². The van der Waals surface area contributed by atoms with Gasteiger partial charge in [0.2, 0.25) is 0 Å². The SMILES string of the molecule is CC(C)(C)C(=O)COC(=O)C=Cc1ccc(I)o1. The van der Waals surface area contributed by atoms with E-state index in [2.05, 4.69) is 0 Å². The van der Waals surface area contributed by atoms with Gasteiger partial charge in [0.25, 0.3) is 0 Å². The number of ether oxygens (including phenoxy) is 1. The Morgan fingerprint density at radius 3 is 2.56 bits per heavy atom. The number of carbonyl (C=O) groups excluding carboxylic acids is 2. The molecule has 0 aromatic carbocycles. The third-order valence-corrected chi connectivity index (χ3v) is 2.74. The van der Waals surface area contributed by atoms with Crippen LogP contribution in [0.2, 0.25) is 0 Å². The lowest BCUT2D eigenvalue weighted by Gasteiger charge is -2.15. The van der Waals surface area contributed by atoms with Gasteiger partial charge in [0.15, 0.2) is 16.2 Å². The average molecular weight is 362 g/mol. The molecule has 5 heteroatoms. The van der Waals surface area contributed by atoms with Crippen molar-refractivity contribution in [2.45, 2.75) is 20.8 Å². The molecule has 0 fully saturated rings. The summed E-state index contributed by atoms with van der Waals surface area (Å²) in [5, 5.41) is 0. The van der Waals surface area contributed by atoms with Gasteiger partial charge in [0.05, 0.1) is 0 Å². The van der Waals surface area contributed by atoms with Gasteiger partial charge in [-0.25, -0.2) is 4.79 Å². The third-order valence-electron chi connectivity index (χ3n) is 2.16. The van der Waals surface area contributed by atoms with Crippen molar-refractivity contribution in [1.82, 2.24) is 0 Å². The van der Waals surface area contributed by atoms with Gasteiger partial charge in [-0.3, -0.25) is 4.79 Å². The molecular weight excluding hydrogens is 347 g/mol. The lowest BCUT2D eigenvalue weighted by molar-refractivity contribution is -0.145. The molecule has 1 rings (SSSR count). The fraction of sp³-hybridized carbons (Fsp3) is 0.385. The van der Waals surface area contributed by atoms with Gasteiger partial charge in [0.1, 0.15) is 5.76 Å². The van der Waals surface area contributed by atoms with Crippen molar-refractivity contribution >= 4 is 40.4 Å². The number of rotatable bonds is 4. The Bertz CT molecular complexity index is 466. The smallest absolute Gasteiger partial charge is 0.331 e. The molecule has 18 heavy (non-hydrogen) atoms. The van der Waals surface area contributed by atoms with Crippen molar-refractivity contribution < 1.29 is 18.7 Å². The predicted molar refractivity (Wildman–Crippen MR) is 75.9 cm³/mol. The van der Waals surface area contributed by atoms with Crippen molar-refractivity contribution in [3.8, 4) is 0 Å². The minimum absolute atomic E-state index is 0.114. The quantitative estimate of drug-likeness (QED) is 0.469. The fourth-order valence-electron chi connectivity index (χ4n) is 0.969. The normalized spacial score (nSPS) is 11.8. The number of esters is 1. The zero-order valence-electron chi connectivity index (χ0n) is 10.5. The fourth-order valence-corrected chi connectivity index (χ4v) is 1.40. The van der Waals surface area contributed by atoms with Gasteiger partial charge in [-0.05, 0) is 40.8 Å². The molecule has 0 aliphatic carbocycles. The Hall–Kier alpha value is -1.11. The van der Waals surface area contributed by atoms with Crippen LogP contribution >= 0.6 is 22.6 Å². The second-order valence-electron chi connectivity index (χ2n) is 4.76. The highest BCUT2D eigenvalue weighted by molar-refractivity contribution is 14.1. The van der Waals surface area contributed by atoms with E-state index in [9.17, 15) is 9.59 Å². The number of furan rings is 1. The lowest BCUT2D eigenvalue weighted by Crippen LogP contribution is -2.25. The van der Waals surface area contributed by atoms with Crippen molar-refractivity contribution in [1.29, 1.82) is 0 Å². The molecule has 98 valence electrons. The summed E-state index contributed by atoms with van der Waals surface area (Å²) in [6.45, 7) is 5.14. The maximum atomic E-state index is 11.5. The first-order valence-corrected chi connectivity index (χ1v) is 6.50. The highest BCUT2D eigenvalue weighted by Gasteiger charge is 2.21. The van der Waals surface area contributed by atoms with Crippen molar-refractivity contribution in [3.05, 3.63) is 27.7 Å². The predicted octanol–water partition coefficient (Wildman–Crippen LogP) is 3.06. The van der Waals surface area contributed by atoms with Gasteiger partial charge in [-0.1, -0.05) is 20.8 Å². The Balaban J connectivity index is 2.43. The van der Waals surface area contributed by atoms with E-state index in [1.165, 1.54) is 12.2 Å². The summed E-state index contributed by atoms with van der Waals surface area (Å²) in [4.78, 5) is 22.9. The topological polar surface area (TPSA) is 56.5 Å². The van der Waals surface area contributed by atoms with Gasteiger partial charge in [-0.15, -0.1) is 0 Å². The summed E-state index contributed by atoms with van der Waals surface area (Å²) in [7, 11) is 0. The van der Waals surface area contributed by atoms with E-state index in [0.717, 1.165) is 3.77 Å². The summed E-state index contributed by atoms with van der Waals surface area (Å²) in [5.41, 5.74) is -0.499. The van der Waals surface area contributed by atoms with Gasteiger partial charge in [-0.2, -0.15) is 0 Å². The molecule has 0 radical (unpaired) electrons. The Kier molecular flexibility index (Phi) is 5.13. The van der Waals surface area contributed by atoms with E-state index in [4.69, 9.17) is 9.15 Å². The van der Waals surface area contributed by atoms with Crippen LogP contribution in [0.5, 0.6) is 0 Å². The molecule has 0 saturated carbocycles. The molecule has 0 unspecified atom stereocenters. The Labute approximate surface area is 120 Å². The molecule has 0 aliphatic rings. The first-order chi connectivity index (χ1) is 8.29. The van der Waals surface area contributed by atoms with Crippen molar-refractivity contribution in [2.75, 3.05) is 6.61 Å². The van der Waals surface area contributed by atoms with E-state index in [1.54, 1.807) is 32.9 Å². The number of hydrogen-bond donors (Lipinski definition) is 0. The van der Waals surface area contributed by atoms with Crippen LogP contribution in [0.3, 0.4) is 0 Å². The molecule has 0 N–H and O–H groups in total. The van der Waals surface area contributed by atoms with Crippen LogP contribution < -0.4 is 0 Å². The van der Waals surface area contributed by atoms with Gasteiger partial charge < -0.3 is 9.15 Å². The van der Waals surface area contributed by atoms with Crippen LogP contribution in [0, 0.1) is 9.18 Å². The van der Waals surface area contributed by atoms with Crippen LogP contribution in [0.15, 0.2) is 22.6 Å². The molecule has 0 amide bonds. The average Bonchev–Trinajstić information content (AvgIpc) is 2.67. The minimum atomic E-state index is -0.556. The maximum absolute atomic E-state index is 11.5. The van der Waals surface area contributed by atoms with Crippen LogP contribution in [0.1, 0.15) is 26.5 Å². The summed E-state index contributed by atoms with van der Waals surface area (Å²) in [6, 6.07) is 3.53. The van der Waals surface area contributed by atoms with Gasteiger partial charge in [0, 0.05) is 11.5 Å². The number of halogens is 1. The van der Waals surface area contributed by atoms with Gasteiger partial charge >= 0.3 is 5.97 Å². The Morgan fingerprint density at radius 2 is 2.06 bits per heavy atom. The first kappa shape index (κ1) is 14.9. The summed E-state index contributed by atoms with van der Waals surface area (Å²) in [6.07, 6.45) is 2.75. The number of ketones is 1. The summed E-state index contributed by atoms with van der Waals surface area (Å²) < 4.78 is 10.8. The molecule has 0 bridgehead atoms. The number of hydrogen-bond acceptors (Lipinski definition) is 4. The van der Waals surface area contributed by atoms with E-state index in [-0.39, 0.29) is 12.4 Å². The third kappa shape index (κ3) is 5.03. The van der Waals surface area contributed by atoms with Crippen LogP contribution in [0.25, 0.3) is 6.08 Å². The molecule has 0 saturated heterocycles. The van der Waals surface area contributed by atoms with Crippen molar-refractivity contribution in [2.24, 2.45) is 5.41 Å². The van der Waals surface area contributed by atoms with Crippen LogP contribution in [-0.2, 0) is 14.3 Å². The molecule has 1 aromatic rings. The van der Waals surface area contributed by atoms with E-state index in [0.29, 0.717) is 5.76 Å². The van der Waals surface area contributed by atoms with Crippen molar-refractivity contribution in [3.63, 3.8) is 0 Å². The van der Waals surface area contributed by atoms with E-state index >= 15 is 0 Å². The summed E-state index contributed by atoms with van der Waals surface area (Å²) >= 11 is 2.03. The minimum Gasteiger partial charge on any atom is -0.454 e. The monoisotopic (exact) mass is 362 g/mol. The summed E-state index contributed by atoms with van der Waals surface area (Å²) in [5.74, 6) is -0.102. The standard InChI is InChI=1S/C13H15IO4/c1-13(2,3)10(15)8-17-12(16)7-5-9-4-6-11(14)18-9/h4-7H,8H2,1-3H3. The molecule has 1 aromatic heterocycles. The van der Waals surface area contributed by atoms with Crippen LogP contribution in [0.4, 0.5) is 0 Å². The second kappa shape index (κ2) is 6.17. The number of Topliss-reactive ketones (excluding diaryl/α,β-unsaturated/α-hetero) is 1. The highest BCUT2D eigenvalue weighted by Crippen LogP contribution is 2.14. The Morgan fingerprint density at radius 1 is 1.39 bits per heavy atom. The molecule has 4 nitrogen and oxygen atoms in total. The molecule has 0 atom stereocenters. The lowest BCUT2D eigenvalue weighted by atomic mass is 9.91. The largest absolute Gasteiger partial charge is 0.454 e. The first-order valence-electron chi connectivity index (χ1n) is 5.42. The molecule has 1 heterocycles. The zero-order chi connectivity index (χ0) is 13.8. The van der Waals surface area contributed by atoms with E-state index < -0.39 is 11.4 Å². The second-order valence-corrected chi connectivity index (χ2v) is 5.82. The molecule has 0 spiro atoms.